The van der Waals surface area contributed by atoms with Crippen LogP contribution in [-0.4, -0.2) is 13.4 Å². The molecular formula is C14H13ClF3NOS. The van der Waals surface area contributed by atoms with Crippen LogP contribution in [0.15, 0.2) is 36.4 Å². The molecule has 0 saturated carbocycles. The van der Waals surface area contributed by atoms with Crippen LogP contribution in [0.25, 0.3) is 0 Å². The van der Waals surface area contributed by atoms with Gasteiger partial charge in [-0.3, -0.25) is 0 Å². The maximum absolute atomic E-state index is 12.1. The van der Waals surface area contributed by atoms with Crippen molar-refractivity contribution in [3.05, 3.63) is 51.2 Å². The molecule has 21 heavy (non-hydrogen) atoms. The molecule has 1 atom stereocenters. The number of nitrogens with one attached hydrogen (secondary N) is 1. The van der Waals surface area contributed by atoms with Gasteiger partial charge in [-0.25, -0.2) is 0 Å². The Morgan fingerprint density at radius 3 is 2.33 bits per heavy atom. The summed E-state index contributed by atoms with van der Waals surface area (Å²) in [4.78, 5) is 1.11. The molecule has 0 radical (unpaired) electrons. The Bertz CT molecular complexity index is 583. The van der Waals surface area contributed by atoms with E-state index in [1.54, 1.807) is 19.2 Å². The van der Waals surface area contributed by atoms with E-state index in [0.717, 1.165) is 10.4 Å². The van der Waals surface area contributed by atoms with Gasteiger partial charge in [0.05, 0.1) is 4.34 Å². The van der Waals surface area contributed by atoms with Crippen LogP contribution in [0.3, 0.4) is 0 Å². The van der Waals surface area contributed by atoms with Crippen LogP contribution < -0.4 is 10.1 Å². The lowest BCUT2D eigenvalue weighted by molar-refractivity contribution is -0.274. The third kappa shape index (κ3) is 4.91. The van der Waals surface area contributed by atoms with Gasteiger partial charge >= 0.3 is 6.36 Å². The quantitative estimate of drug-likeness (QED) is 0.847. The lowest BCUT2D eigenvalue weighted by Crippen LogP contribution is -2.19. The molecule has 0 aliphatic rings. The number of halogens is 4. The summed E-state index contributed by atoms with van der Waals surface area (Å²) in [6, 6.07) is 9.64. The molecule has 0 amide bonds. The van der Waals surface area contributed by atoms with Gasteiger partial charge in [-0.15, -0.1) is 24.5 Å². The number of alkyl halides is 3. The normalized spacial score (nSPS) is 13.2. The van der Waals surface area contributed by atoms with Gasteiger partial charge in [0.25, 0.3) is 0 Å². The molecule has 2 rings (SSSR count). The highest BCUT2D eigenvalue weighted by Gasteiger charge is 2.31. The summed E-state index contributed by atoms with van der Waals surface area (Å²) in [5.41, 5.74) is 0.886. The summed E-state index contributed by atoms with van der Waals surface area (Å²) in [7, 11) is 1.81. The van der Waals surface area contributed by atoms with Crippen LogP contribution in [0.1, 0.15) is 16.5 Å². The summed E-state index contributed by atoms with van der Waals surface area (Å²) < 4.78 is 40.9. The molecule has 114 valence electrons. The molecular weight excluding hydrogens is 323 g/mol. The van der Waals surface area contributed by atoms with E-state index in [1.165, 1.54) is 23.5 Å². The third-order valence-corrected chi connectivity index (χ3v) is 4.15. The maximum Gasteiger partial charge on any atom is 0.573 e. The summed E-state index contributed by atoms with van der Waals surface area (Å²) in [5, 5.41) is 3.14. The van der Waals surface area contributed by atoms with Gasteiger partial charge in [0.2, 0.25) is 0 Å². The number of likely N-dealkylation sites (N-methyl/N-ethyl adjacent to an activating group) is 1. The Morgan fingerprint density at radius 2 is 1.86 bits per heavy atom. The predicted octanol–water partition coefficient (Wildman–Crippen LogP) is 4.80. The van der Waals surface area contributed by atoms with Crippen molar-refractivity contribution >= 4 is 22.9 Å². The number of hydrogen-bond acceptors (Lipinski definition) is 3. The molecule has 1 heterocycles. The SMILES string of the molecule is CNC(Cc1ccc(Cl)s1)c1ccc(OC(F)(F)F)cc1. The van der Waals surface area contributed by atoms with E-state index in [0.29, 0.717) is 10.8 Å². The van der Waals surface area contributed by atoms with Gasteiger partial charge in [0.1, 0.15) is 5.75 Å². The van der Waals surface area contributed by atoms with Crippen LogP contribution in [0.4, 0.5) is 13.2 Å². The van der Waals surface area contributed by atoms with Crippen LogP contribution >= 0.6 is 22.9 Å². The number of thiophene rings is 1. The van der Waals surface area contributed by atoms with E-state index >= 15 is 0 Å². The van der Waals surface area contributed by atoms with E-state index in [2.05, 4.69) is 10.1 Å². The van der Waals surface area contributed by atoms with Crippen molar-refractivity contribution in [3.63, 3.8) is 0 Å². The molecule has 2 aromatic rings. The van der Waals surface area contributed by atoms with Gasteiger partial charge in [-0.05, 0) is 36.9 Å². The van der Waals surface area contributed by atoms with Gasteiger partial charge < -0.3 is 10.1 Å². The second kappa shape index (κ2) is 6.68. The van der Waals surface area contributed by atoms with Crippen molar-refractivity contribution in [3.8, 4) is 5.75 Å². The first-order chi connectivity index (χ1) is 9.87. The summed E-state index contributed by atoms with van der Waals surface area (Å²) in [5.74, 6) is -0.222. The molecule has 0 bridgehead atoms. The van der Waals surface area contributed by atoms with Crippen molar-refractivity contribution in [1.29, 1.82) is 0 Å². The Hall–Kier alpha value is -1.24. The summed E-state index contributed by atoms with van der Waals surface area (Å²) >= 11 is 7.38. The molecule has 7 heteroatoms. The van der Waals surface area contributed by atoms with Gasteiger partial charge in [-0.1, -0.05) is 23.7 Å². The van der Waals surface area contributed by atoms with Crippen molar-refractivity contribution < 1.29 is 17.9 Å². The van der Waals surface area contributed by atoms with E-state index in [1.807, 2.05) is 12.1 Å². The molecule has 1 unspecified atom stereocenters. The van der Waals surface area contributed by atoms with E-state index < -0.39 is 6.36 Å². The topological polar surface area (TPSA) is 21.3 Å². The zero-order valence-electron chi connectivity index (χ0n) is 11.1. The number of ether oxygens (including phenoxy) is 1. The second-order valence-corrected chi connectivity index (χ2v) is 6.17. The van der Waals surface area contributed by atoms with E-state index in [-0.39, 0.29) is 11.8 Å². The van der Waals surface area contributed by atoms with Crippen LogP contribution in [0.5, 0.6) is 5.75 Å². The van der Waals surface area contributed by atoms with Gasteiger partial charge in [-0.2, -0.15) is 0 Å². The average molecular weight is 336 g/mol. The molecule has 1 aromatic carbocycles. The first-order valence-electron chi connectivity index (χ1n) is 6.14. The average Bonchev–Trinajstić information content (AvgIpc) is 2.81. The van der Waals surface area contributed by atoms with Crippen LogP contribution in [0.2, 0.25) is 4.34 Å². The zero-order chi connectivity index (χ0) is 15.5. The highest BCUT2D eigenvalue weighted by molar-refractivity contribution is 7.16. The molecule has 0 aliphatic carbocycles. The number of benzene rings is 1. The first-order valence-corrected chi connectivity index (χ1v) is 7.34. The summed E-state index contributed by atoms with van der Waals surface area (Å²) in [6.07, 6.45) is -3.95. The van der Waals surface area contributed by atoms with Crippen molar-refractivity contribution in [2.45, 2.75) is 18.8 Å². The summed E-state index contributed by atoms with van der Waals surface area (Å²) in [6.45, 7) is 0. The van der Waals surface area contributed by atoms with Gasteiger partial charge in [0.15, 0.2) is 0 Å². The van der Waals surface area contributed by atoms with Crippen LogP contribution in [0, 0.1) is 0 Å². The number of hydrogen-bond donors (Lipinski definition) is 1. The minimum atomic E-state index is -4.67. The molecule has 1 aromatic heterocycles. The second-order valence-electron chi connectivity index (χ2n) is 4.37. The highest BCUT2D eigenvalue weighted by atomic mass is 35.5. The monoisotopic (exact) mass is 335 g/mol. The lowest BCUT2D eigenvalue weighted by atomic mass is 10.0. The Kier molecular flexibility index (Phi) is 5.13. The molecule has 0 spiro atoms. The van der Waals surface area contributed by atoms with Crippen molar-refractivity contribution in [1.82, 2.24) is 5.32 Å². The Morgan fingerprint density at radius 1 is 1.19 bits per heavy atom. The lowest BCUT2D eigenvalue weighted by Gasteiger charge is -2.16. The van der Waals surface area contributed by atoms with Gasteiger partial charge in [0, 0.05) is 17.3 Å². The first kappa shape index (κ1) is 16.1. The molecule has 1 N–H and O–H groups in total. The Labute approximate surface area is 129 Å². The smallest absolute Gasteiger partial charge is 0.406 e. The third-order valence-electron chi connectivity index (χ3n) is 2.90. The maximum atomic E-state index is 12.1. The fourth-order valence-electron chi connectivity index (χ4n) is 1.95. The fourth-order valence-corrected chi connectivity index (χ4v) is 3.08. The molecule has 0 fully saturated rings. The fraction of sp³-hybridized carbons (Fsp3) is 0.286. The number of rotatable bonds is 5. The minimum Gasteiger partial charge on any atom is -0.406 e. The predicted molar refractivity (Wildman–Crippen MR) is 78.0 cm³/mol. The highest BCUT2D eigenvalue weighted by Crippen LogP contribution is 2.28. The Balaban J connectivity index is 2.08. The van der Waals surface area contributed by atoms with E-state index in [4.69, 9.17) is 11.6 Å². The van der Waals surface area contributed by atoms with Crippen LogP contribution in [-0.2, 0) is 6.42 Å². The van der Waals surface area contributed by atoms with Crippen molar-refractivity contribution in [2.24, 2.45) is 0 Å². The van der Waals surface area contributed by atoms with E-state index in [9.17, 15) is 13.2 Å². The molecule has 0 aliphatic heterocycles. The molecule has 2 nitrogen and oxygen atoms in total. The largest absolute Gasteiger partial charge is 0.573 e. The standard InChI is InChI=1S/C14H13ClF3NOS/c1-19-12(8-11-6-7-13(15)21-11)9-2-4-10(5-3-9)20-14(16,17)18/h2-7,12,19H,8H2,1H3. The molecule has 0 saturated heterocycles. The minimum absolute atomic E-state index is 0.000321. The van der Waals surface area contributed by atoms with Crippen molar-refractivity contribution in [2.75, 3.05) is 7.05 Å². The zero-order valence-corrected chi connectivity index (χ0v) is 12.6.